The Balaban J connectivity index is 1.57. The molecule has 8 nitrogen and oxygen atoms in total. The number of benzene rings is 2. The van der Waals surface area contributed by atoms with Gasteiger partial charge >= 0.3 is 0 Å². The molecule has 8 heteroatoms. The van der Waals surface area contributed by atoms with E-state index < -0.39 is 5.91 Å². The van der Waals surface area contributed by atoms with Crippen LogP contribution in [-0.2, 0) is 12.0 Å². The van der Waals surface area contributed by atoms with Crippen LogP contribution in [0.25, 0.3) is 0 Å². The first-order valence-corrected chi connectivity index (χ1v) is 11.0. The standard InChI is InChI=1S/C26H26N4O4/c1-5-34-21-11-10-16(15-30-23(32)18-8-6-7-9-19(18)24(30)33)12-20(21)22(31)29-17-13-27-25(28-14-17)26(2,3)4/h6-14H,5,15H2,1-4H3,(H,29,31). The Hall–Kier alpha value is -4.07. The van der Waals surface area contributed by atoms with Crippen molar-refractivity contribution in [1.29, 1.82) is 0 Å². The number of rotatable bonds is 6. The van der Waals surface area contributed by atoms with Gasteiger partial charge in [-0.25, -0.2) is 9.97 Å². The molecule has 4 rings (SSSR count). The summed E-state index contributed by atoms with van der Waals surface area (Å²) in [5, 5.41) is 2.80. The second-order valence-corrected chi connectivity index (χ2v) is 9.01. The normalized spacial score (nSPS) is 13.1. The molecule has 1 N–H and O–H groups in total. The summed E-state index contributed by atoms with van der Waals surface area (Å²) >= 11 is 0. The van der Waals surface area contributed by atoms with Gasteiger partial charge in [-0.15, -0.1) is 0 Å². The molecule has 0 saturated heterocycles. The van der Waals surface area contributed by atoms with E-state index in [9.17, 15) is 14.4 Å². The summed E-state index contributed by atoms with van der Waals surface area (Å²) in [5.74, 6) is -0.0327. The van der Waals surface area contributed by atoms with E-state index in [-0.39, 0.29) is 29.3 Å². The van der Waals surface area contributed by atoms with E-state index in [1.54, 1.807) is 54.9 Å². The quantitative estimate of drug-likeness (QED) is 0.555. The van der Waals surface area contributed by atoms with E-state index in [4.69, 9.17) is 4.74 Å². The third kappa shape index (κ3) is 4.52. The van der Waals surface area contributed by atoms with Crippen molar-refractivity contribution < 1.29 is 19.1 Å². The number of aromatic nitrogens is 2. The van der Waals surface area contributed by atoms with Gasteiger partial charge in [0.1, 0.15) is 11.6 Å². The van der Waals surface area contributed by atoms with Crippen LogP contribution in [0.15, 0.2) is 54.9 Å². The van der Waals surface area contributed by atoms with Crippen molar-refractivity contribution in [1.82, 2.24) is 14.9 Å². The molecule has 0 spiro atoms. The smallest absolute Gasteiger partial charge is 0.261 e. The fraction of sp³-hybridized carbons (Fsp3) is 0.269. The highest BCUT2D eigenvalue weighted by molar-refractivity contribution is 6.21. The molecule has 3 aromatic rings. The number of nitrogens with zero attached hydrogens (tertiary/aromatic N) is 3. The zero-order valence-corrected chi connectivity index (χ0v) is 19.6. The fourth-order valence-electron chi connectivity index (χ4n) is 3.68. The van der Waals surface area contributed by atoms with Crippen LogP contribution in [-0.4, -0.2) is 39.2 Å². The predicted molar refractivity (Wildman–Crippen MR) is 127 cm³/mol. The van der Waals surface area contributed by atoms with E-state index in [0.29, 0.717) is 40.6 Å². The maximum atomic E-state index is 13.1. The number of ether oxygens (including phenoxy) is 1. The van der Waals surface area contributed by atoms with Crippen LogP contribution >= 0.6 is 0 Å². The largest absolute Gasteiger partial charge is 0.493 e. The molecule has 3 amide bonds. The zero-order chi connectivity index (χ0) is 24.5. The number of hydrogen-bond acceptors (Lipinski definition) is 6. The Labute approximate surface area is 198 Å². The molecule has 174 valence electrons. The first-order valence-electron chi connectivity index (χ1n) is 11.0. The highest BCUT2D eigenvalue weighted by Crippen LogP contribution is 2.27. The Bertz CT molecular complexity index is 1230. The predicted octanol–water partition coefficient (Wildman–Crippen LogP) is 4.22. The second-order valence-electron chi connectivity index (χ2n) is 9.01. The number of nitrogens with one attached hydrogen (secondary N) is 1. The number of anilines is 1. The van der Waals surface area contributed by atoms with Crippen molar-refractivity contribution in [3.05, 3.63) is 82.9 Å². The number of carbonyl (C=O) groups excluding carboxylic acids is 3. The number of imide groups is 1. The van der Waals surface area contributed by atoms with E-state index in [1.807, 2.05) is 27.7 Å². The van der Waals surface area contributed by atoms with Gasteiger partial charge in [0.2, 0.25) is 0 Å². The van der Waals surface area contributed by atoms with Crippen LogP contribution in [0.5, 0.6) is 5.75 Å². The molecule has 1 aliphatic rings. The van der Waals surface area contributed by atoms with Crippen LogP contribution in [0.2, 0.25) is 0 Å². The Morgan fingerprint density at radius 3 is 2.18 bits per heavy atom. The monoisotopic (exact) mass is 458 g/mol. The Morgan fingerprint density at radius 1 is 1.00 bits per heavy atom. The lowest BCUT2D eigenvalue weighted by atomic mass is 9.96. The first kappa shape index (κ1) is 23.1. The molecular weight excluding hydrogens is 432 g/mol. The molecule has 0 bridgehead atoms. The number of fused-ring (bicyclic) bond motifs is 1. The Kier molecular flexibility index (Phi) is 6.15. The van der Waals surface area contributed by atoms with Crippen molar-refractivity contribution in [3.8, 4) is 5.75 Å². The van der Waals surface area contributed by atoms with Crippen molar-refractivity contribution in [3.63, 3.8) is 0 Å². The molecule has 0 saturated carbocycles. The molecule has 1 aromatic heterocycles. The van der Waals surface area contributed by atoms with Crippen LogP contribution in [0.1, 0.15) is 70.2 Å². The van der Waals surface area contributed by atoms with Gasteiger partial charge < -0.3 is 10.1 Å². The average molecular weight is 459 g/mol. The highest BCUT2D eigenvalue weighted by atomic mass is 16.5. The summed E-state index contributed by atoms with van der Waals surface area (Å²) in [5.41, 5.74) is 1.93. The molecule has 0 unspecified atom stereocenters. The van der Waals surface area contributed by atoms with E-state index in [2.05, 4.69) is 15.3 Å². The molecule has 34 heavy (non-hydrogen) atoms. The van der Waals surface area contributed by atoms with Crippen molar-refractivity contribution >= 4 is 23.4 Å². The lowest BCUT2D eigenvalue weighted by molar-refractivity contribution is 0.0642. The molecular formula is C26H26N4O4. The Morgan fingerprint density at radius 2 is 1.62 bits per heavy atom. The average Bonchev–Trinajstić information content (AvgIpc) is 3.05. The first-order chi connectivity index (χ1) is 16.2. The van der Waals surface area contributed by atoms with Crippen LogP contribution in [0.3, 0.4) is 0 Å². The van der Waals surface area contributed by atoms with Crippen molar-refractivity contribution in [2.24, 2.45) is 0 Å². The van der Waals surface area contributed by atoms with Gasteiger partial charge in [-0.2, -0.15) is 0 Å². The van der Waals surface area contributed by atoms with Crippen molar-refractivity contribution in [2.45, 2.75) is 39.7 Å². The second kappa shape index (κ2) is 9.05. The van der Waals surface area contributed by atoms with Gasteiger partial charge in [-0.05, 0) is 36.8 Å². The van der Waals surface area contributed by atoms with Crippen LogP contribution < -0.4 is 10.1 Å². The van der Waals surface area contributed by atoms with Crippen molar-refractivity contribution in [2.75, 3.05) is 11.9 Å². The summed E-state index contributed by atoms with van der Waals surface area (Å²) < 4.78 is 5.64. The molecule has 0 aliphatic carbocycles. The van der Waals surface area contributed by atoms with Gasteiger partial charge in [-0.1, -0.05) is 39.0 Å². The summed E-state index contributed by atoms with van der Waals surface area (Å²) in [6.07, 6.45) is 3.13. The highest BCUT2D eigenvalue weighted by Gasteiger charge is 2.35. The van der Waals surface area contributed by atoms with Crippen LogP contribution in [0, 0.1) is 0 Å². The van der Waals surface area contributed by atoms with E-state index in [0.717, 1.165) is 0 Å². The minimum absolute atomic E-state index is 0.0441. The zero-order valence-electron chi connectivity index (χ0n) is 19.6. The minimum Gasteiger partial charge on any atom is -0.493 e. The summed E-state index contributed by atoms with van der Waals surface area (Å²) in [4.78, 5) is 48.4. The van der Waals surface area contributed by atoms with Gasteiger partial charge in [0.25, 0.3) is 17.7 Å². The fourth-order valence-corrected chi connectivity index (χ4v) is 3.68. The van der Waals surface area contributed by atoms with E-state index in [1.165, 1.54) is 4.90 Å². The number of amides is 3. The number of hydrogen-bond donors (Lipinski definition) is 1. The molecule has 2 aromatic carbocycles. The molecule has 1 aliphatic heterocycles. The third-order valence-electron chi connectivity index (χ3n) is 5.39. The van der Waals surface area contributed by atoms with Gasteiger partial charge in [0.15, 0.2) is 0 Å². The maximum absolute atomic E-state index is 13.1. The van der Waals surface area contributed by atoms with Gasteiger partial charge in [-0.3, -0.25) is 19.3 Å². The number of carbonyl (C=O) groups is 3. The SMILES string of the molecule is CCOc1ccc(CN2C(=O)c3ccccc3C2=O)cc1C(=O)Nc1cnc(C(C)(C)C)nc1. The molecule has 0 atom stereocenters. The van der Waals surface area contributed by atoms with E-state index >= 15 is 0 Å². The summed E-state index contributed by atoms with van der Waals surface area (Å²) in [7, 11) is 0. The summed E-state index contributed by atoms with van der Waals surface area (Å²) in [6, 6.07) is 11.8. The molecule has 2 heterocycles. The third-order valence-corrected chi connectivity index (χ3v) is 5.39. The van der Waals surface area contributed by atoms with Gasteiger partial charge in [0.05, 0.1) is 47.9 Å². The summed E-state index contributed by atoms with van der Waals surface area (Å²) in [6.45, 7) is 8.27. The van der Waals surface area contributed by atoms with Gasteiger partial charge in [0, 0.05) is 5.41 Å². The molecule has 0 radical (unpaired) electrons. The topological polar surface area (TPSA) is 101 Å². The maximum Gasteiger partial charge on any atom is 0.261 e. The van der Waals surface area contributed by atoms with Crippen LogP contribution in [0.4, 0.5) is 5.69 Å². The molecule has 0 fully saturated rings. The lowest BCUT2D eigenvalue weighted by Gasteiger charge is -2.17. The lowest BCUT2D eigenvalue weighted by Crippen LogP contribution is -2.29. The minimum atomic E-state index is -0.403.